The summed E-state index contributed by atoms with van der Waals surface area (Å²) in [6.07, 6.45) is -1.19. The minimum atomic E-state index is -0.996. The molecule has 4 atom stereocenters. The summed E-state index contributed by atoms with van der Waals surface area (Å²) in [4.78, 5) is 2.33. The zero-order chi connectivity index (χ0) is 11.8. The lowest BCUT2D eigenvalue weighted by molar-refractivity contribution is 0.0634. The highest BCUT2D eigenvalue weighted by Crippen LogP contribution is 2.40. The van der Waals surface area contributed by atoms with E-state index in [9.17, 15) is 9.50 Å². The number of aliphatic hydroxyl groups is 1. The number of benzene rings is 1. The van der Waals surface area contributed by atoms with Crippen molar-refractivity contribution in [3.63, 3.8) is 0 Å². The zero-order valence-electron chi connectivity index (χ0n) is 9.80. The van der Waals surface area contributed by atoms with Crippen LogP contribution in [0.25, 0.3) is 0 Å². The molecule has 92 valence electrons. The van der Waals surface area contributed by atoms with E-state index < -0.39 is 12.3 Å². The maximum Gasteiger partial charge on any atom is 0.127 e. The monoisotopic (exact) mass is 235 g/mol. The molecule has 1 aliphatic carbocycles. The van der Waals surface area contributed by atoms with Crippen molar-refractivity contribution in [1.82, 2.24) is 4.90 Å². The third-order valence-electron chi connectivity index (χ3n) is 4.15. The average molecular weight is 235 g/mol. The van der Waals surface area contributed by atoms with E-state index in [0.717, 1.165) is 19.6 Å². The van der Waals surface area contributed by atoms with Gasteiger partial charge < -0.3 is 5.11 Å². The molecular formula is C14H18FNO. The van der Waals surface area contributed by atoms with Gasteiger partial charge >= 0.3 is 0 Å². The van der Waals surface area contributed by atoms with Crippen molar-refractivity contribution in [1.29, 1.82) is 0 Å². The van der Waals surface area contributed by atoms with E-state index in [1.165, 1.54) is 5.56 Å². The molecule has 1 heterocycles. The SMILES string of the molecule is O[C@@H]1[C@@H]2CN(Cc3ccccc3)C[C@@H]2C[C@H]1F. The number of hydrogen-bond acceptors (Lipinski definition) is 2. The van der Waals surface area contributed by atoms with Crippen molar-refractivity contribution in [3.05, 3.63) is 35.9 Å². The predicted molar refractivity (Wildman–Crippen MR) is 64.2 cm³/mol. The Morgan fingerprint density at radius 3 is 2.71 bits per heavy atom. The van der Waals surface area contributed by atoms with Gasteiger partial charge in [0.2, 0.25) is 0 Å². The van der Waals surface area contributed by atoms with Gasteiger partial charge in [-0.1, -0.05) is 30.3 Å². The quantitative estimate of drug-likeness (QED) is 0.845. The van der Waals surface area contributed by atoms with E-state index in [0.29, 0.717) is 12.3 Å². The fraction of sp³-hybridized carbons (Fsp3) is 0.571. The van der Waals surface area contributed by atoms with Crippen molar-refractivity contribution in [2.24, 2.45) is 11.8 Å². The van der Waals surface area contributed by atoms with Gasteiger partial charge in [-0.15, -0.1) is 0 Å². The largest absolute Gasteiger partial charge is 0.390 e. The van der Waals surface area contributed by atoms with Gasteiger partial charge in [-0.3, -0.25) is 4.90 Å². The molecular weight excluding hydrogens is 217 g/mol. The van der Waals surface area contributed by atoms with Gasteiger partial charge in [0, 0.05) is 25.6 Å². The minimum Gasteiger partial charge on any atom is -0.390 e. The molecule has 0 unspecified atom stereocenters. The lowest BCUT2D eigenvalue weighted by Gasteiger charge is -2.19. The van der Waals surface area contributed by atoms with E-state index in [1.54, 1.807) is 0 Å². The van der Waals surface area contributed by atoms with Crippen molar-refractivity contribution in [2.75, 3.05) is 13.1 Å². The van der Waals surface area contributed by atoms with Gasteiger partial charge in [0.1, 0.15) is 6.17 Å². The molecule has 1 saturated carbocycles. The topological polar surface area (TPSA) is 23.5 Å². The van der Waals surface area contributed by atoms with Gasteiger partial charge in [-0.05, 0) is 17.9 Å². The van der Waals surface area contributed by atoms with Crippen LogP contribution in [0.1, 0.15) is 12.0 Å². The zero-order valence-corrected chi connectivity index (χ0v) is 9.80. The van der Waals surface area contributed by atoms with Gasteiger partial charge in [0.15, 0.2) is 0 Å². The number of alkyl halides is 1. The highest BCUT2D eigenvalue weighted by Gasteiger charge is 2.47. The average Bonchev–Trinajstić information content (AvgIpc) is 2.82. The summed E-state index contributed by atoms with van der Waals surface area (Å²) in [5, 5.41) is 9.75. The Hall–Kier alpha value is -0.930. The van der Waals surface area contributed by atoms with Gasteiger partial charge in [-0.2, -0.15) is 0 Å². The van der Waals surface area contributed by atoms with Crippen LogP contribution in [0.3, 0.4) is 0 Å². The molecule has 0 amide bonds. The number of fused-ring (bicyclic) bond motifs is 1. The first-order chi connectivity index (χ1) is 8.24. The van der Waals surface area contributed by atoms with E-state index in [1.807, 2.05) is 18.2 Å². The molecule has 1 aromatic rings. The molecule has 2 fully saturated rings. The molecule has 3 rings (SSSR count). The number of nitrogens with zero attached hydrogens (tertiary/aromatic N) is 1. The normalized spacial score (nSPS) is 37.3. The molecule has 0 aromatic heterocycles. The summed E-state index contributed by atoms with van der Waals surface area (Å²) in [7, 11) is 0. The summed E-state index contributed by atoms with van der Waals surface area (Å²) in [6.45, 7) is 2.68. The maximum atomic E-state index is 13.3. The fourth-order valence-electron chi connectivity index (χ4n) is 3.29. The van der Waals surface area contributed by atoms with Gasteiger partial charge in [0.25, 0.3) is 0 Å². The van der Waals surface area contributed by atoms with E-state index in [2.05, 4.69) is 17.0 Å². The molecule has 3 heteroatoms. The van der Waals surface area contributed by atoms with E-state index >= 15 is 0 Å². The first kappa shape index (κ1) is 11.2. The van der Waals surface area contributed by atoms with Gasteiger partial charge in [-0.25, -0.2) is 4.39 Å². The second kappa shape index (κ2) is 4.39. The standard InChI is InChI=1S/C14H18FNO/c15-13-6-11-8-16(9-12(11)14(13)17)7-10-4-2-1-3-5-10/h1-5,11-14,17H,6-9H2/t11-,12+,13+,14+/m0/s1. The molecule has 2 nitrogen and oxygen atoms in total. The van der Waals surface area contributed by atoms with Crippen molar-refractivity contribution in [3.8, 4) is 0 Å². The Bertz CT molecular complexity index is 383. The second-order valence-electron chi connectivity index (χ2n) is 5.35. The minimum absolute atomic E-state index is 0.147. The number of aliphatic hydroxyl groups excluding tert-OH is 1. The second-order valence-corrected chi connectivity index (χ2v) is 5.35. The number of halogens is 1. The Morgan fingerprint density at radius 2 is 2.00 bits per heavy atom. The Balaban J connectivity index is 1.63. The summed E-state index contributed by atoms with van der Waals surface area (Å²) in [5.74, 6) is 0.498. The van der Waals surface area contributed by atoms with Crippen LogP contribution in [0.2, 0.25) is 0 Å². The predicted octanol–water partition coefficient (Wildman–Crippen LogP) is 1.84. The smallest absolute Gasteiger partial charge is 0.127 e. The molecule has 1 aliphatic heterocycles. The summed E-state index contributed by atoms with van der Waals surface area (Å²) < 4.78 is 13.3. The highest BCUT2D eigenvalue weighted by atomic mass is 19.1. The van der Waals surface area contributed by atoms with Crippen molar-refractivity contribution >= 4 is 0 Å². The van der Waals surface area contributed by atoms with Crippen LogP contribution in [0.15, 0.2) is 30.3 Å². The summed E-state index contributed by atoms with van der Waals surface area (Å²) in [5.41, 5.74) is 1.29. The highest BCUT2D eigenvalue weighted by molar-refractivity contribution is 5.15. The molecule has 1 saturated heterocycles. The Labute approximate surface area is 101 Å². The maximum absolute atomic E-state index is 13.3. The Kier molecular flexibility index (Phi) is 2.89. The molecule has 17 heavy (non-hydrogen) atoms. The Morgan fingerprint density at radius 1 is 1.24 bits per heavy atom. The number of rotatable bonds is 2. The van der Waals surface area contributed by atoms with Crippen LogP contribution in [-0.2, 0) is 6.54 Å². The van der Waals surface area contributed by atoms with Crippen LogP contribution in [-0.4, -0.2) is 35.4 Å². The van der Waals surface area contributed by atoms with Crippen LogP contribution >= 0.6 is 0 Å². The third kappa shape index (κ3) is 2.09. The van der Waals surface area contributed by atoms with E-state index in [4.69, 9.17) is 0 Å². The van der Waals surface area contributed by atoms with Crippen LogP contribution in [0.5, 0.6) is 0 Å². The van der Waals surface area contributed by atoms with Crippen LogP contribution < -0.4 is 0 Å². The molecule has 0 spiro atoms. The summed E-state index contributed by atoms with van der Waals surface area (Å²) >= 11 is 0. The lowest BCUT2D eigenvalue weighted by Crippen LogP contribution is -2.28. The van der Waals surface area contributed by atoms with E-state index in [-0.39, 0.29) is 5.92 Å². The van der Waals surface area contributed by atoms with Crippen molar-refractivity contribution in [2.45, 2.75) is 25.2 Å². The molecule has 1 N–H and O–H groups in total. The molecule has 0 bridgehead atoms. The molecule has 2 aliphatic rings. The first-order valence-electron chi connectivity index (χ1n) is 6.32. The third-order valence-corrected chi connectivity index (χ3v) is 4.15. The molecule has 0 radical (unpaired) electrons. The summed E-state index contributed by atoms with van der Waals surface area (Å²) in [6, 6.07) is 10.3. The van der Waals surface area contributed by atoms with Crippen LogP contribution in [0, 0.1) is 11.8 Å². The first-order valence-corrected chi connectivity index (χ1v) is 6.32. The number of hydrogen-bond donors (Lipinski definition) is 1. The van der Waals surface area contributed by atoms with Crippen molar-refractivity contribution < 1.29 is 9.50 Å². The number of likely N-dealkylation sites (tertiary alicyclic amines) is 1. The molecule has 1 aromatic carbocycles. The van der Waals surface area contributed by atoms with Gasteiger partial charge in [0.05, 0.1) is 6.10 Å². The van der Waals surface area contributed by atoms with Crippen LogP contribution in [0.4, 0.5) is 4.39 Å². The fourth-order valence-corrected chi connectivity index (χ4v) is 3.29. The lowest BCUT2D eigenvalue weighted by atomic mass is 9.99.